The van der Waals surface area contributed by atoms with Crippen LogP contribution in [-0.4, -0.2) is 12.5 Å². The van der Waals surface area contributed by atoms with Crippen LogP contribution in [0.5, 0.6) is 0 Å². The molecule has 2 aromatic rings. The number of nitrogens with one attached hydrogen (secondary N) is 2. The van der Waals surface area contributed by atoms with Crippen LogP contribution in [0.25, 0.3) is 0 Å². The first-order valence-electron chi connectivity index (χ1n) is 6.52. The molecule has 0 aromatic heterocycles. The van der Waals surface area contributed by atoms with Gasteiger partial charge in [0.25, 0.3) is 5.91 Å². The van der Waals surface area contributed by atoms with Crippen molar-refractivity contribution in [3.63, 3.8) is 0 Å². The molecule has 1 amide bonds. The highest BCUT2D eigenvalue weighted by molar-refractivity contribution is 6.05. The maximum Gasteiger partial charge on any atom is 0.255 e. The lowest BCUT2D eigenvalue weighted by atomic mass is 9.95. The summed E-state index contributed by atoms with van der Waals surface area (Å²) in [6.45, 7) is 1.78. The molecule has 0 saturated carbocycles. The summed E-state index contributed by atoms with van der Waals surface area (Å²) in [5.74, 6) is -0.0232. The van der Waals surface area contributed by atoms with Crippen LogP contribution in [0.2, 0.25) is 0 Å². The molecule has 3 nitrogen and oxygen atoms in total. The number of carbonyl (C=O) groups is 1. The van der Waals surface area contributed by atoms with E-state index in [1.807, 2.05) is 42.5 Å². The quantitative estimate of drug-likeness (QED) is 0.862. The van der Waals surface area contributed by atoms with Gasteiger partial charge >= 0.3 is 0 Å². The summed E-state index contributed by atoms with van der Waals surface area (Å²) in [6, 6.07) is 15.5. The first kappa shape index (κ1) is 11.9. The molecule has 1 aliphatic rings. The smallest absolute Gasteiger partial charge is 0.255 e. The second-order valence-electron chi connectivity index (χ2n) is 4.69. The molecule has 0 unspecified atom stereocenters. The first-order valence-corrected chi connectivity index (χ1v) is 6.52. The van der Waals surface area contributed by atoms with Gasteiger partial charge in [-0.15, -0.1) is 0 Å². The van der Waals surface area contributed by atoms with Gasteiger partial charge in [-0.05, 0) is 42.3 Å². The monoisotopic (exact) mass is 252 g/mol. The normalized spacial score (nSPS) is 13.7. The molecule has 19 heavy (non-hydrogen) atoms. The minimum atomic E-state index is -0.0232. The number of benzene rings is 2. The van der Waals surface area contributed by atoms with Gasteiger partial charge in [0.2, 0.25) is 0 Å². The van der Waals surface area contributed by atoms with Crippen molar-refractivity contribution in [2.45, 2.75) is 13.0 Å². The van der Waals surface area contributed by atoms with Crippen LogP contribution in [0.1, 0.15) is 21.5 Å². The van der Waals surface area contributed by atoms with E-state index in [0.29, 0.717) is 0 Å². The van der Waals surface area contributed by atoms with Gasteiger partial charge in [-0.3, -0.25) is 4.79 Å². The highest BCUT2D eigenvalue weighted by Crippen LogP contribution is 2.20. The van der Waals surface area contributed by atoms with Crippen LogP contribution < -0.4 is 10.6 Å². The zero-order valence-electron chi connectivity index (χ0n) is 10.6. The predicted molar refractivity (Wildman–Crippen MR) is 76.2 cm³/mol. The molecule has 0 aliphatic carbocycles. The van der Waals surface area contributed by atoms with Crippen molar-refractivity contribution in [2.24, 2.45) is 0 Å². The van der Waals surface area contributed by atoms with E-state index < -0.39 is 0 Å². The Labute approximate surface area is 112 Å². The number of hydrogen-bond donors (Lipinski definition) is 2. The van der Waals surface area contributed by atoms with E-state index in [9.17, 15) is 4.79 Å². The Balaban J connectivity index is 1.88. The summed E-state index contributed by atoms with van der Waals surface area (Å²) in [7, 11) is 0. The minimum Gasteiger partial charge on any atom is -0.322 e. The standard InChI is InChI=1S/C16H16N2O/c19-16(18-13-6-2-1-3-7-13)15-8-4-5-12-11-17-10-9-14(12)15/h1-8,17H,9-11H2,(H,18,19). The highest BCUT2D eigenvalue weighted by Gasteiger charge is 2.17. The zero-order chi connectivity index (χ0) is 13.1. The van der Waals surface area contributed by atoms with Crippen molar-refractivity contribution in [1.82, 2.24) is 5.32 Å². The van der Waals surface area contributed by atoms with Gasteiger partial charge in [0.05, 0.1) is 0 Å². The van der Waals surface area contributed by atoms with Gasteiger partial charge in [-0.2, -0.15) is 0 Å². The fourth-order valence-corrected chi connectivity index (χ4v) is 2.46. The average molecular weight is 252 g/mol. The third-order valence-corrected chi connectivity index (χ3v) is 3.42. The van der Waals surface area contributed by atoms with E-state index in [0.717, 1.165) is 30.8 Å². The average Bonchev–Trinajstić information content (AvgIpc) is 2.47. The van der Waals surface area contributed by atoms with Crippen molar-refractivity contribution in [1.29, 1.82) is 0 Å². The Hall–Kier alpha value is -2.13. The van der Waals surface area contributed by atoms with Gasteiger partial charge in [0, 0.05) is 17.8 Å². The fraction of sp³-hybridized carbons (Fsp3) is 0.188. The molecule has 3 rings (SSSR count). The Morgan fingerprint density at radius 1 is 1.05 bits per heavy atom. The SMILES string of the molecule is O=C(Nc1ccccc1)c1cccc2c1CCNC2. The van der Waals surface area contributed by atoms with Crippen LogP contribution in [0.15, 0.2) is 48.5 Å². The minimum absolute atomic E-state index is 0.0232. The summed E-state index contributed by atoms with van der Waals surface area (Å²) in [5, 5.41) is 6.27. The Kier molecular flexibility index (Phi) is 3.29. The number of para-hydroxylation sites is 1. The summed E-state index contributed by atoms with van der Waals surface area (Å²) in [6.07, 6.45) is 0.910. The highest BCUT2D eigenvalue weighted by atomic mass is 16.1. The maximum absolute atomic E-state index is 12.4. The largest absolute Gasteiger partial charge is 0.322 e. The lowest BCUT2D eigenvalue weighted by Crippen LogP contribution is -2.26. The van der Waals surface area contributed by atoms with Crippen molar-refractivity contribution in [3.8, 4) is 0 Å². The summed E-state index contributed by atoms with van der Waals surface area (Å²) >= 11 is 0. The first-order chi connectivity index (χ1) is 9.34. The van der Waals surface area contributed by atoms with Gasteiger partial charge < -0.3 is 10.6 Å². The van der Waals surface area contributed by atoms with Gasteiger partial charge in [0.1, 0.15) is 0 Å². The number of fused-ring (bicyclic) bond motifs is 1. The number of hydrogen-bond acceptors (Lipinski definition) is 2. The van der Waals surface area contributed by atoms with E-state index in [4.69, 9.17) is 0 Å². The third-order valence-electron chi connectivity index (χ3n) is 3.42. The van der Waals surface area contributed by atoms with Crippen LogP contribution in [0, 0.1) is 0 Å². The van der Waals surface area contributed by atoms with Crippen LogP contribution in [0.4, 0.5) is 5.69 Å². The molecule has 96 valence electrons. The van der Waals surface area contributed by atoms with E-state index >= 15 is 0 Å². The van der Waals surface area contributed by atoms with Crippen molar-refractivity contribution in [3.05, 3.63) is 65.2 Å². The zero-order valence-corrected chi connectivity index (χ0v) is 10.6. The third kappa shape index (κ3) is 2.51. The second kappa shape index (κ2) is 5.24. The summed E-state index contributed by atoms with van der Waals surface area (Å²) in [5.41, 5.74) is 4.03. The fourth-order valence-electron chi connectivity index (χ4n) is 2.46. The van der Waals surface area contributed by atoms with Crippen molar-refractivity contribution < 1.29 is 4.79 Å². The molecule has 1 heterocycles. The molecular formula is C16H16N2O. The van der Waals surface area contributed by atoms with Gasteiger partial charge in [0.15, 0.2) is 0 Å². The Morgan fingerprint density at radius 3 is 2.74 bits per heavy atom. The Morgan fingerprint density at radius 2 is 1.89 bits per heavy atom. The van der Waals surface area contributed by atoms with E-state index in [1.54, 1.807) is 0 Å². The topological polar surface area (TPSA) is 41.1 Å². The van der Waals surface area contributed by atoms with Crippen LogP contribution in [0.3, 0.4) is 0 Å². The molecule has 1 aliphatic heterocycles. The molecule has 0 fully saturated rings. The molecule has 0 atom stereocenters. The van der Waals surface area contributed by atoms with E-state index in [-0.39, 0.29) is 5.91 Å². The lowest BCUT2D eigenvalue weighted by molar-refractivity contribution is 0.102. The molecule has 2 N–H and O–H groups in total. The van der Waals surface area contributed by atoms with Crippen LogP contribution in [-0.2, 0) is 13.0 Å². The molecule has 0 spiro atoms. The number of anilines is 1. The Bertz CT molecular complexity index is 593. The molecule has 0 saturated heterocycles. The molecule has 3 heteroatoms. The number of carbonyl (C=O) groups excluding carboxylic acids is 1. The van der Waals surface area contributed by atoms with Crippen LogP contribution >= 0.6 is 0 Å². The summed E-state index contributed by atoms with van der Waals surface area (Å²) < 4.78 is 0. The molecule has 0 radical (unpaired) electrons. The molecular weight excluding hydrogens is 236 g/mol. The summed E-state index contributed by atoms with van der Waals surface area (Å²) in [4.78, 5) is 12.4. The predicted octanol–water partition coefficient (Wildman–Crippen LogP) is 2.58. The number of amides is 1. The van der Waals surface area contributed by atoms with Crippen molar-refractivity contribution >= 4 is 11.6 Å². The lowest BCUT2D eigenvalue weighted by Gasteiger charge is -2.19. The second-order valence-corrected chi connectivity index (χ2v) is 4.69. The molecule has 0 bridgehead atoms. The van der Waals surface area contributed by atoms with E-state index in [2.05, 4.69) is 16.7 Å². The van der Waals surface area contributed by atoms with E-state index in [1.165, 1.54) is 11.1 Å². The number of rotatable bonds is 2. The maximum atomic E-state index is 12.4. The molecule has 2 aromatic carbocycles. The van der Waals surface area contributed by atoms with Gasteiger partial charge in [-0.25, -0.2) is 0 Å². The van der Waals surface area contributed by atoms with Crippen molar-refractivity contribution in [2.75, 3.05) is 11.9 Å². The van der Waals surface area contributed by atoms with Gasteiger partial charge in [-0.1, -0.05) is 30.3 Å².